The molecule has 1 unspecified atom stereocenters. The molecule has 1 aliphatic heterocycles. The van der Waals surface area contributed by atoms with Gasteiger partial charge in [-0.25, -0.2) is 18.1 Å². The molecule has 0 aliphatic carbocycles. The van der Waals surface area contributed by atoms with Crippen molar-refractivity contribution < 1.29 is 8.42 Å². The van der Waals surface area contributed by atoms with Crippen LogP contribution in [-0.2, 0) is 10.0 Å². The van der Waals surface area contributed by atoms with Crippen LogP contribution in [0.3, 0.4) is 0 Å². The van der Waals surface area contributed by atoms with Crippen molar-refractivity contribution in [2.24, 2.45) is 0 Å². The fraction of sp³-hybridized carbons (Fsp3) is 0.750. The van der Waals surface area contributed by atoms with Gasteiger partial charge in [-0.05, 0) is 39.8 Å². The largest absolute Gasteiger partial charge is 0.375 e. The summed E-state index contributed by atoms with van der Waals surface area (Å²) in [6.07, 6.45) is 3.67. The predicted molar refractivity (Wildman–Crippen MR) is 81.3 cm³/mol. The Hall–Kier alpha value is -0.700. The minimum absolute atomic E-state index is 0.124. The third-order valence-electron chi connectivity index (χ3n) is 3.35. The van der Waals surface area contributed by atoms with E-state index in [4.69, 9.17) is 5.73 Å². The van der Waals surface area contributed by atoms with Gasteiger partial charge in [-0.2, -0.15) is 0 Å². The molecule has 1 aliphatic rings. The molecule has 2 rings (SSSR count). The summed E-state index contributed by atoms with van der Waals surface area (Å²) in [5.41, 5.74) is 6.03. The van der Waals surface area contributed by atoms with Crippen molar-refractivity contribution in [3.8, 4) is 0 Å². The highest BCUT2D eigenvalue weighted by molar-refractivity contribution is 7.91. The van der Waals surface area contributed by atoms with Crippen LogP contribution in [0.25, 0.3) is 0 Å². The molecule has 1 atom stereocenters. The Morgan fingerprint density at radius 1 is 1.40 bits per heavy atom. The molecule has 8 heteroatoms. The number of hydrogen-bond acceptors (Lipinski definition) is 6. The van der Waals surface area contributed by atoms with Crippen molar-refractivity contribution in [3.63, 3.8) is 0 Å². The van der Waals surface area contributed by atoms with Crippen molar-refractivity contribution in [2.45, 2.75) is 43.4 Å². The van der Waals surface area contributed by atoms with Gasteiger partial charge >= 0.3 is 0 Å². The van der Waals surface area contributed by atoms with Crippen molar-refractivity contribution in [1.29, 1.82) is 0 Å². The second kappa shape index (κ2) is 6.38. The van der Waals surface area contributed by atoms with Gasteiger partial charge in [0.2, 0.25) is 0 Å². The number of aryl methyl sites for hydroxylation is 1. The molecule has 6 nitrogen and oxygen atoms in total. The van der Waals surface area contributed by atoms with E-state index in [0.717, 1.165) is 31.0 Å². The van der Waals surface area contributed by atoms with Crippen molar-refractivity contribution in [1.82, 2.24) is 14.6 Å². The lowest BCUT2D eigenvalue weighted by atomic mass is 10.1. The summed E-state index contributed by atoms with van der Waals surface area (Å²) in [4.78, 5) is 6.28. The summed E-state index contributed by atoms with van der Waals surface area (Å²) in [5, 5.41) is 0.284. The average molecular weight is 318 g/mol. The molecule has 3 N–H and O–H groups in total. The second-order valence-corrected chi connectivity index (χ2v) is 8.25. The predicted octanol–water partition coefficient (Wildman–Crippen LogP) is 1.19. The fourth-order valence-corrected chi connectivity index (χ4v) is 5.09. The highest BCUT2D eigenvalue weighted by Crippen LogP contribution is 2.24. The standard InChI is InChI=1S/C12H22N4O2S2/c1-9(8-16-6-4-3-5-7-16)15-20(17,18)11-10(2)14-12(13)19-11/h9,15H,3-8H2,1-2H3,(H2,13,14). The highest BCUT2D eigenvalue weighted by atomic mass is 32.2. The first kappa shape index (κ1) is 15.7. The lowest BCUT2D eigenvalue weighted by molar-refractivity contribution is 0.215. The number of nitrogens with two attached hydrogens (primary N) is 1. The first-order valence-corrected chi connectivity index (χ1v) is 9.16. The number of aromatic nitrogens is 1. The molecule has 0 spiro atoms. The van der Waals surface area contributed by atoms with Gasteiger partial charge in [0.1, 0.15) is 0 Å². The van der Waals surface area contributed by atoms with Crippen LogP contribution in [-0.4, -0.2) is 44.0 Å². The molecule has 0 aromatic carbocycles. The molecule has 1 fully saturated rings. The van der Waals surface area contributed by atoms with E-state index in [0.29, 0.717) is 5.69 Å². The molecule has 114 valence electrons. The van der Waals surface area contributed by atoms with Crippen LogP contribution in [0.1, 0.15) is 31.9 Å². The monoisotopic (exact) mass is 318 g/mol. The molecular formula is C12H22N4O2S2. The lowest BCUT2D eigenvalue weighted by Gasteiger charge is -2.29. The van der Waals surface area contributed by atoms with Crippen LogP contribution in [0.4, 0.5) is 5.13 Å². The zero-order chi connectivity index (χ0) is 14.8. The summed E-state index contributed by atoms with van der Waals surface area (Å²) in [6, 6.07) is -0.124. The van der Waals surface area contributed by atoms with Crippen LogP contribution in [0.5, 0.6) is 0 Å². The summed E-state index contributed by atoms with van der Waals surface area (Å²) in [5.74, 6) is 0. The molecule has 1 saturated heterocycles. The Labute approximate surface area is 124 Å². The Morgan fingerprint density at radius 3 is 2.60 bits per heavy atom. The molecular weight excluding hydrogens is 296 g/mol. The zero-order valence-corrected chi connectivity index (χ0v) is 13.6. The first-order valence-electron chi connectivity index (χ1n) is 6.86. The van der Waals surface area contributed by atoms with E-state index in [9.17, 15) is 8.42 Å². The fourth-order valence-electron chi connectivity index (χ4n) is 2.54. The molecule has 0 bridgehead atoms. The van der Waals surface area contributed by atoms with E-state index < -0.39 is 10.0 Å². The van der Waals surface area contributed by atoms with Gasteiger partial charge in [-0.3, -0.25) is 0 Å². The molecule has 20 heavy (non-hydrogen) atoms. The Morgan fingerprint density at radius 2 is 2.05 bits per heavy atom. The third-order valence-corrected chi connectivity index (χ3v) is 6.54. The molecule has 1 aromatic heterocycles. The number of nitrogens with one attached hydrogen (secondary N) is 1. The number of rotatable bonds is 5. The smallest absolute Gasteiger partial charge is 0.252 e. The SMILES string of the molecule is Cc1nc(N)sc1S(=O)(=O)NC(C)CN1CCCCC1. The summed E-state index contributed by atoms with van der Waals surface area (Å²) in [7, 11) is -3.52. The van der Waals surface area contributed by atoms with Gasteiger partial charge in [-0.15, -0.1) is 0 Å². The van der Waals surface area contributed by atoms with Gasteiger partial charge in [0.15, 0.2) is 9.34 Å². The number of likely N-dealkylation sites (tertiary alicyclic amines) is 1. The quantitative estimate of drug-likeness (QED) is 0.851. The van der Waals surface area contributed by atoms with Crippen LogP contribution in [0, 0.1) is 6.92 Å². The third kappa shape index (κ3) is 3.91. The van der Waals surface area contributed by atoms with E-state index in [1.54, 1.807) is 6.92 Å². The maximum Gasteiger partial charge on any atom is 0.252 e. The number of nitrogens with zero attached hydrogens (tertiary/aromatic N) is 2. The Kier molecular flexibility index (Phi) is 5.00. The van der Waals surface area contributed by atoms with Gasteiger partial charge in [0, 0.05) is 12.6 Å². The first-order chi connectivity index (χ1) is 9.38. The van der Waals surface area contributed by atoms with Crippen LogP contribution in [0.2, 0.25) is 0 Å². The van der Waals surface area contributed by atoms with E-state index in [2.05, 4.69) is 14.6 Å². The minimum Gasteiger partial charge on any atom is -0.375 e. The van der Waals surface area contributed by atoms with Gasteiger partial charge in [0.05, 0.1) is 5.69 Å². The number of thiazole rings is 1. The van der Waals surface area contributed by atoms with E-state index in [1.807, 2.05) is 6.92 Å². The maximum atomic E-state index is 12.3. The molecule has 1 aromatic rings. The van der Waals surface area contributed by atoms with Crippen LogP contribution < -0.4 is 10.5 Å². The summed E-state index contributed by atoms with van der Waals surface area (Å²) < 4.78 is 27.5. The molecule has 0 amide bonds. The minimum atomic E-state index is -3.52. The number of anilines is 1. The molecule has 0 saturated carbocycles. The zero-order valence-electron chi connectivity index (χ0n) is 11.9. The van der Waals surface area contributed by atoms with E-state index in [-0.39, 0.29) is 15.4 Å². The highest BCUT2D eigenvalue weighted by Gasteiger charge is 2.24. The Balaban J connectivity index is 1.98. The second-order valence-electron chi connectivity index (χ2n) is 5.31. The van der Waals surface area contributed by atoms with Crippen LogP contribution >= 0.6 is 11.3 Å². The molecule has 2 heterocycles. The van der Waals surface area contributed by atoms with Gasteiger partial charge in [0.25, 0.3) is 10.0 Å². The topological polar surface area (TPSA) is 88.3 Å². The average Bonchev–Trinajstić information content (AvgIpc) is 2.69. The maximum absolute atomic E-state index is 12.3. The number of piperidine rings is 1. The lowest BCUT2D eigenvalue weighted by Crippen LogP contribution is -2.43. The van der Waals surface area contributed by atoms with Gasteiger partial charge in [-0.1, -0.05) is 17.8 Å². The van der Waals surface area contributed by atoms with Gasteiger partial charge < -0.3 is 10.6 Å². The van der Waals surface area contributed by atoms with Crippen molar-refractivity contribution in [3.05, 3.63) is 5.69 Å². The summed E-state index contributed by atoms with van der Waals surface area (Å²) >= 11 is 1.01. The Bertz CT molecular complexity index is 550. The summed E-state index contributed by atoms with van der Waals surface area (Å²) in [6.45, 7) is 6.41. The van der Waals surface area contributed by atoms with E-state index >= 15 is 0 Å². The number of hydrogen-bond donors (Lipinski definition) is 2. The number of sulfonamides is 1. The normalized spacial score (nSPS) is 19.1. The van der Waals surface area contributed by atoms with Crippen LogP contribution in [0.15, 0.2) is 4.21 Å². The molecule has 0 radical (unpaired) electrons. The van der Waals surface area contributed by atoms with Crippen molar-refractivity contribution >= 4 is 26.5 Å². The van der Waals surface area contributed by atoms with Crippen molar-refractivity contribution in [2.75, 3.05) is 25.4 Å². The van der Waals surface area contributed by atoms with E-state index in [1.165, 1.54) is 19.3 Å². The number of nitrogen functional groups attached to an aromatic ring is 1.